The molecule has 0 heterocycles. The SMILES string of the molecule is CCCCCCC(C)OC(=S)S.[NaH]. The van der Waals surface area contributed by atoms with Crippen LogP contribution in [0.25, 0.3) is 0 Å². The van der Waals surface area contributed by atoms with Crippen LogP contribution in [0.15, 0.2) is 0 Å². The Kier molecular flexibility index (Phi) is 14.5. The zero-order valence-corrected chi connectivity index (χ0v) is 9.59. The van der Waals surface area contributed by atoms with Crippen molar-refractivity contribution >= 4 is 58.8 Å². The molecule has 1 unspecified atom stereocenters. The third-order valence-electron chi connectivity index (χ3n) is 1.77. The molecule has 74 valence electrons. The second-order valence-electron chi connectivity index (χ2n) is 3.04. The molecule has 0 spiro atoms. The summed E-state index contributed by atoms with van der Waals surface area (Å²) in [5.41, 5.74) is 0. The summed E-state index contributed by atoms with van der Waals surface area (Å²) in [6.07, 6.45) is 6.43. The van der Waals surface area contributed by atoms with Crippen molar-refractivity contribution in [2.45, 2.75) is 52.1 Å². The number of hydrogen-bond donors (Lipinski definition) is 1. The second-order valence-corrected chi connectivity index (χ2v) is 4.12. The predicted octanol–water partition coefficient (Wildman–Crippen LogP) is 2.93. The molecule has 0 amide bonds. The van der Waals surface area contributed by atoms with Crippen LogP contribution in [0.4, 0.5) is 0 Å². The van der Waals surface area contributed by atoms with Gasteiger partial charge in [-0.1, -0.05) is 38.8 Å². The Balaban J connectivity index is 0. The molecule has 0 aromatic heterocycles. The van der Waals surface area contributed by atoms with Crippen LogP contribution in [-0.2, 0) is 4.74 Å². The van der Waals surface area contributed by atoms with Gasteiger partial charge in [0.15, 0.2) is 0 Å². The van der Waals surface area contributed by atoms with Gasteiger partial charge >= 0.3 is 29.6 Å². The first-order chi connectivity index (χ1) is 5.66. The molecule has 0 aliphatic rings. The number of rotatable bonds is 6. The molecule has 0 fully saturated rings. The second kappa shape index (κ2) is 11.3. The third kappa shape index (κ3) is 13.2. The molecule has 0 radical (unpaired) electrons. The van der Waals surface area contributed by atoms with Crippen LogP contribution in [0, 0.1) is 0 Å². The average Bonchev–Trinajstić information content (AvgIpc) is 1.97. The molecule has 0 aliphatic heterocycles. The van der Waals surface area contributed by atoms with Crippen molar-refractivity contribution in [3.8, 4) is 0 Å². The monoisotopic (exact) mass is 230 g/mol. The van der Waals surface area contributed by atoms with Crippen LogP contribution in [0.2, 0.25) is 0 Å². The number of unbranched alkanes of at least 4 members (excludes halogenated alkanes) is 3. The Hall–Kier alpha value is 1.24. The Morgan fingerprint density at radius 2 is 2.00 bits per heavy atom. The van der Waals surface area contributed by atoms with E-state index in [4.69, 9.17) is 17.0 Å². The summed E-state index contributed by atoms with van der Waals surface area (Å²) in [6, 6.07) is 0. The van der Waals surface area contributed by atoms with Crippen LogP contribution in [0.5, 0.6) is 0 Å². The summed E-state index contributed by atoms with van der Waals surface area (Å²) in [6.45, 7) is 4.25. The molecule has 4 heteroatoms. The molecule has 1 nitrogen and oxygen atoms in total. The van der Waals surface area contributed by atoms with E-state index in [2.05, 4.69) is 19.6 Å². The first-order valence-electron chi connectivity index (χ1n) is 4.56. The fourth-order valence-electron chi connectivity index (χ4n) is 1.09. The maximum absolute atomic E-state index is 5.23. The topological polar surface area (TPSA) is 9.23 Å². The van der Waals surface area contributed by atoms with Gasteiger partial charge in [-0.05, 0) is 32.0 Å². The van der Waals surface area contributed by atoms with Gasteiger partial charge in [-0.3, -0.25) is 0 Å². The molecule has 0 saturated heterocycles. The number of thiol groups is 1. The van der Waals surface area contributed by atoms with E-state index in [0.29, 0.717) is 4.38 Å². The third-order valence-corrected chi connectivity index (χ3v) is 1.97. The molecule has 0 bridgehead atoms. The Bertz CT molecular complexity index is 131. The fraction of sp³-hybridized carbons (Fsp3) is 0.889. The summed E-state index contributed by atoms with van der Waals surface area (Å²) in [5.74, 6) is 0. The maximum atomic E-state index is 5.23. The van der Waals surface area contributed by atoms with Crippen molar-refractivity contribution in [1.82, 2.24) is 0 Å². The zero-order valence-electron chi connectivity index (χ0n) is 7.88. The number of ether oxygens (including phenoxy) is 1. The molecule has 0 aliphatic carbocycles. The summed E-state index contributed by atoms with van der Waals surface area (Å²) in [5, 5.41) is 0. The normalized spacial score (nSPS) is 11.6. The van der Waals surface area contributed by atoms with E-state index in [1.807, 2.05) is 6.92 Å². The average molecular weight is 230 g/mol. The minimum absolute atomic E-state index is 0. The van der Waals surface area contributed by atoms with E-state index >= 15 is 0 Å². The van der Waals surface area contributed by atoms with Crippen molar-refractivity contribution in [3.05, 3.63) is 0 Å². The molecule has 1 atom stereocenters. The molecule has 0 rings (SSSR count). The Morgan fingerprint density at radius 1 is 1.38 bits per heavy atom. The molecule has 0 saturated carbocycles. The predicted molar refractivity (Wildman–Crippen MR) is 68.0 cm³/mol. The van der Waals surface area contributed by atoms with Gasteiger partial charge in [0.2, 0.25) is 4.38 Å². The molecule has 0 aromatic rings. The van der Waals surface area contributed by atoms with Crippen LogP contribution in [0.1, 0.15) is 46.0 Å². The van der Waals surface area contributed by atoms with Crippen molar-refractivity contribution in [2.75, 3.05) is 0 Å². The molecule has 13 heavy (non-hydrogen) atoms. The number of thiocarbonyl (C=S) groups is 1. The van der Waals surface area contributed by atoms with E-state index < -0.39 is 0 Å². The van der Waals surface area contributed by atoms with Crippen molar-refractivity contribution < 1.29 is 4.74 Å². The quantitative estimate of drug-likeness (QED) is 0.325. The Labute approximate surface area is 115 Å². The summed E-state index contributed by atoms with van der Waals surface area (Å²) >= 11 is 8.63. The molecular formula is C9H19NaOS2. The summed E-state index contributed by atoms with van der Waals surface area (Å²) in [4.78, 5) is 0. The van der Waals surface area contributed by atoms with Crippen molar-refractivity contribution in [2.24, 2.45) is 0 Å². The number of hydrogen-bond acceptors (Lipinski definition) is 2. The first-order valence-corrected chi connectivity index (χ1v) is 5.42. The molecule has 0 aromatic carbocycles. The summed E-state index contributed by atoms with van der Waals surface area (Å²) in [7, 11) is 0. The molecule has 0 N–H and O–H groups in total. The van der Waals surface area contributed by atoms with E-state index in [-0.39, 0.29) is 35.7 Å². The van der Waals surface area contributed by atoms with E-state index in [1.54, 1.807) is 0 Å². The van der Waals surface area contributed by atoms with Gasteiger partial charge in [0.1, 0.15) is 0 Å². The van der Waals surface area contributed by atoms with Crippen molar-refractivity contribution in [3.63, 3.8) is 0 Å². The fourth-order valence-corrected chi connectivity index (χ4v) is 1.43. The van der Waals surface area contributed by atoms with Crippen LogP contribution in [-0.4, -0.2) is 40.0 Å². The zero-order chi connectivity index (χ0) is 9.40. The van der Waals surface area contributed by atoms with Crippen molar-refractivity contribution in [1.29, 1.82) is 0 Å². The van der Waals surface area contributed by atoms with Gasteiger partial charge in [-0.15, -0.1) is 0 Å². The minimum atomic E-state index is 0. The molecular weight excluding hydrogens is 211 g/mol. The van der Waals surface area contributed by atoms with Crippen LogP contribution in [0.3, 0.4) is 0 Å². The standard InChI is InChI=1S/C9H18OS2.Na.H/c1-3-4-5-6-7-8(2)10-9(11)12;;/h8H,3-7H2,1-2H3,(H,11,12);;. The van der Waals surface area contributed by atoms with Crippen LogP contribution < -0.4 is 0 Å². The van der Waals surface area contributed by atoms with Gasteiger partial charge in [0, 0.05) is 0 Å². The van der Waals surface area contributed by atoms with Gasteiger partial charge in [0.05, 0.1) is 6.10 Å². The van der Waals surface area contributed by atoms with E-state index in [0.717, 1.165) is 6.42 Å². The first kappa shape index (κ1) is 16.7. The van der Waals surface area contributed by atoms with Gasteiger partial charge < -0.3 is 4.74 Å². The van der Waals surface area contributed by atoms with Crippen LogP contribution >= 0.6 is 24.8 Å². The van der Waals surface area contributed by atoms with E-state index in [1.165, 1.54) is 25.7 Å². The summed E-state index contributed by atoms with van der Waals surface area (Å²) < 4.78 is 5.59. The van der Waals surface area contributed by atoms with Gasteiger partial charge in [0.25, 0.3) is 0 Å². The Morgan fingerprint density at radius 3 is 2.46 bits per heavy atom. The van der Waals surface area contributed by atoms with Gasteiger partial charge in [-0.2, -0.15) is 0 Å². The van der Waals surface area contributed by atoms with Gasteiger partial charge in [-0.25, -0.2) is 0 Å². The van der Waals surface area contributed by atoms with E-state index in [9.17, 15) is 0 Å².